The van der Waals surface area contributed by atoms with Gasteiger partial charge in [0, 0.05) is 0 Å². The van der Waals surface area contributed by atoms with Crippen molar-refractivity contribution in [1.82, 2.24) is 5.32 Å². The first-order chi connectivity index (χ1) is 7.93. The lowest BCUT2D eigenvalue weighted by Gasteiger charge is -2.23. The summed E-state index contributed by atoms with van der Waals surface area (Å²) >= 11 is 0. The fourth-order valence-corrected chi connectivity index (χ4v) is 3.61. The van der Waals surface area contributed by atoms with Crippen LogP contribution in [0.15, 0.2) is 0 Å². The van der Waals surface area contributed by atoms with E-state index in [9.17, 15) is 0 Å². The summed E-state index contributed by atoms with van der Waals surface area (Å²) < 4.78 is 0. The predicted molar refractivity (Wildman–Crippen MR) is 68.4 cm³/mol. The Balaban J connectivity index is 1.34. The molecule has 0 aromatic carbocycles. The van der Waals surface area contributed by atoms with E-state index in [1.54, 1.807) is 0 Å². The largest absolute Gasteiger partial charge is 0.316 e. The lowest BCUT2D eigenvalue weighted by molar-refractivity contribution is 0.315. The van der Waals surface area contributed by atoms with Gasteiger partial charge in [0.05, 0.1) is 0 Å². The minimum Gasteiger partial charge on any atom is -0.316 e. The molecule has 0 unspecified atom stereocenters. The summed E-state index contributed by atoms with van der Waals surface area (Å²) in [5, 5.41) is 3.80. The SMILES string of the molecule is C1CCC(CNCC(C2CC2)C2CC2)CC1. The van der Waals surface area contributed by atoms with Gasteiger partial charge >= 0.3 is 0 Å². The highest BCUT2D eigenvalue weighted by molar-refractivity contribution is 4.92. The molecule has 3 saturated carbocycles. The molecule has 0 aliphatic heterocycles. The first-order valence-corrected chi connectivity index (χ1v) is 7.64. The summed E-state index contributed by atoms with van der Waals surface area (Å²) in [7, 11) is 0. The molecule has 0 heterocycles. The van der Waals surface area contributed by atoms with Crippen LogP contribution in [-0.2, 0) is 0 Å². The zero-order valence-electron chi connectivity index (χ0n) is 10.6. The van der Waals surface area contributed by atoms with Crippen molar-refractivity contribution >= 4 is 0 Å². The minimum atomic E-state index is 1.01. The normalized spacial score (nSPS) is 27.6. The molecule has 0 spiro atoms. The molecule has 3 aliphatic carbocycles. The van der Waals surface area contributed by atoms with Crippen molar-refractivity contribution < 1.29 is 0 Å². The van der Waals surface area contributed by atoms with E-state index in [2.05, 4.69) is 5.32 Å². The zero-order chi connectivity index (χ0) is 10.8. The highest BCUT2D eigenvalue weighted by atomic mass is 14.9. The Bertz CT molecular complexity index is 199. The third-order valence-corrected chi connectivity index (χ3v) is 4.99. The molecule has 0 amide bonds. The third kappa shape index (κ3) is 3.00. The van der Waals surface area contributed by atoms with Gasteiger partial charge in [-0.3, -0.25) is 0 Å². The third-order valence-electron chi connectivity index (χ3n) is 4.99. The smallest absolute Gasteiger partial charge is 0.00151 e. The van der Waals surface area contributed by atoms with Crippen LogP contribution in [-0.4, -0.2) is 13.1 Å². The molecule has 16 heavy (non-hydrogen) atoms. The summed E-state index contributed by atoms with van der Waals surface area (Å²) in [5.74, 6) is 4.30. The Morgan fingerprint density at radius 1 is 0.812 bits per heavy atom. The molecule has 0 aromatic heterocycles. The molecule has 3 rings (SSSR count). The second-order valence-electron chi connectivity index (χ2n) is 6.50. The van der Waals surface area contributed by atoms with Gasteiger partial charge in [-0.15, -0.1) is 0 Å². The molecular weight excluding hydrogens is 194 g/mol. The van der Waals surface area contributed by atoms with E-state index in [1.165, 1.54) is 70.9 Å². The van der Waals surface area contributed by atoms with E-state index >= 15 is 0 Å². The molecular formula is C15H27N. The molecule has 0 atom stereocenters. The average Bonchev–Trinajstić information content (AvgIpc) is 3.17. The minimum absolute atomic E-state index is 1.01. The van der Waals surface area contributed by atoms with Gasteiger partial charge in [0.1, 0.15) is 0 Å². The number of rotatable bonds is 6. The molecule has 3 fully saturated rings. The Morgan fingerprint density at radius 3 is 2.00 bits per heavy atom. The Kier molecular flexibility index (Phi) is 3.51. The molecule has 1 N–H and O–H groups in total. The fourth-order valence-electron chi connectivity index (χ4n) is 3.61. The van der Waals surface area contributed by atoms with Crippen LogP contribution in [0.4, 0.5) is 0 Å². The van der Waals surface area contributed by atoms with Crippen LogP contribution in [0.3, 0.4) is 0 Å². The van der Waals surface area contributed by atoms with Crippen LogP contribution in [0.1, 0.15) is 57.8 Å². The van der Waals surface area contributed by atoms with Gasteiger partial charge in [-0.05, 0) is 75.3 Å². The molecule has 92 valence electrons. The summed E-state index contributed by atoms with van der Waals surface area (Å²) in [4.78, 5) is 0. The van der Waals surface area contributed by atoms with Crippen LogP contribution >= 0.6 is 0 Å². The van der Waals surface area contributed by atoms with E-state index < -0.39 is 0 Å². The van der Waals surface area contributed by atoms with Gasteiger partial charge in [-0.25, -0.2) is 0 Å². The van der Waals surface area contributed by atoms with E-state index in [0.717, 1.165) is 23.7 Å². The number of hydrogen-bond donors (Lipinski definition) is 1. The molecule has 0 bridgehead atoms. The summed E-state index contributed by atoms with van der Waals surface area (Å²) in [5.41, 5.74) is 0. The van der Waals surface area contributed by atoms with Gasteiger partial charge in [0.2, 0.25) is 0 Å². The van der Waals surface area contributed by atoms with Crippen molar-refractivity contribution in [2.24, 2.45) is 23.7 Å². The maximum absolute atomic E-state index is 3.80. The predicted octanol–water partition coefficient (Wildman–Crippen LogP) is 3.59. The molecule has 3 aliphatic rings. The maximum atomic E-state index is 3.80. The Hall–Kier alpha value is -0.0400. The Labute approximate surface area is 100 Å². The molecule has 0 radical (unpaired) electrons. The van der Waals surface area contributed by atoms with Gasteiger partial charge < -0.3 is 5.32 Å². The second-order valence-corrected chi connectivity index (χ2v) is 6.50. The Morgan fingerprint density at radius 2 is 1.44 bits per heavy atom. The van der Waals surface area contributed by atoms with Crippen molar-refractivity contribution in [2.75, 3.05) is 13.1 Å². The van der Waals surface area contributed by atoms with Crippen molar-refractivity contribution in [3.63, 3.8) is 0 Å². The first-order valence-electron chi connectivity index (χ1n) is 7.64. The van der Waals surface area contributed by atoms with E-state index in [4.69, 9.17) is 0 Å². The standard InChI is InChI=1S/C15H27N/c1-2-4-12(5-3-1)10-16-11-15(13-6-7-13)14-8-9-14/h12-16H,1-11H2. The average molecular weight is 221 g/mol. The summed E-state index contributed by atoms with van der Waals surface area (Å²) in [6, 6.07) is 0. The summed E-state index contributed by atoms with van der Waals surface area (Å²) in [6.45, 7) is 2.65. The van der Waals surface area contributed by atoms with Gasteiger partial charge in [-0.2, -0.15) is 0 Å². The number of nitrogens with one attached hydrogen (secondary N) is 1. The molecule has 1 heteroatoms. The molecule has 0 aromatic rings. The van der Waals surface area contributed by atoms with E-state index in [0.29, 0.717) is 0 Å². The van der Waals surface area contributed by atoms with Crippen LogP contribution in [0, 0.1) is 23.7 Å². The van der Waals surface area contributed by atoms with Gasteiger partial charge in [0.25, 0.3) is 0 Å². The molecule has 1 nitrogen and oxygen atoms in total. The second kappa shape index (κ2) is 5.08. The quantitative estimate of drug-likeness (QED) is 0.722. The van der Waals surface area contributed by atoms with Gasteiger partial charge in [0.15, 0.2) is 0 Å². The highest BCUT2D eigenvalue weighted by Crippen LogP contribution is 2.48. The maximum Gasteiger partial charge on any atom is -0.00151 e. The van der Waals surface area contributed by atoms with Crippen molar-refractivity contribution in [2.45, 2.75) is 57.8 Å². The highest BCUT2D eigenvalue weighted by Gasteiger charge is 2.40. The van der Waals surface area contributed by atoms with Gasteiger partial charge in [-0.1, -0.05) is 19.3 Å². The lowest BCUT2D eigenvalue weighted by Crippen LogP contribution is -2.30. The van der Waals surface area contributed by atoms with Crippen LogP contribution in [0.5, 0.6) is 0 Å². The summed E-state index contributed by atoms with van der Waals surface area (Å²) in [6.07, 6.45) is 13.6. The lowest BCUT2D eigenvalue weighted by atomic mass is 9.89. The zero-order valence-corrected chi connectivity index (χ0v) is 10.6. The number of hydrogen-bond acceptors (Lipinski definition) is 1. The van der Waals surface area contributed by atoms with Crippen molar-refractivity contribution in [3.05, 3.63) is 0 Å². The van der Waals surface area contributed by atoms with Crippen LogP contribution in [0.25, 0.3) is 0 Å². The first kappa shape index (κ1) is 11.1. The fraction of sp³-hybridized carbons (Fsp3) is 1.00. The monoisotopic (exact) mass is 221 g/mol. The van der Waals surface area contributed by atoms with Crippen LogP contribution < -0.4 is 5.32 Å². The topological polar surface area (TPSA) is 12.0 Å². The van der Waals surface area contributed by atoms with Crippen molar-refractivity contribution in [3.8, 4) is 0 Å². The van der Waals surface area contributed by atoms with Crippen molar-refractivity contribution in [1.29, 1.82) is 0 Å². The van der Waals surface area contributed by atoms with E-state index in [1.807, 2.05) is 0 Å². The van der Waals surface area contributed by atoms with Crippen LogP contribution in [0.2, 0.25) is 0 Å². The van der Waals surface area contributed by atoms with E-state index in [-0.39, 0.29) is 0 Å². The molecule has 0 saturated heterocycles.